The van der Waals surface area contributed by atoms with Crippen LogP contribution in [0.4, 0.5) is 11.8 Å². The number of aromatic amines is 1. The molecule has 428 valence electrons. The fourth-order valence-corrected chi connectivity index (χ4v) is 11.6. The number of H-pyrrole nitrogens is 1. The van der Waals surface area contributed by atoms with Gasteiger partial charge in [-0.05, 0) is 91.6 Å². The van der Waals surface area contributed by atoms with Gasteiger partial charge in [-0.3, -0.25) is 32.8 Å². The van der Waals surface area contributed by atoms with E-state index in [0.717, 1.165) is 22.1 Å². The maximum Gasteiger partial charge on any atom is 0.332 e. The molecule has 0 bridgehead atoms. The Bertz CT molecular complexity index is 3410. The van der Waals surface area contributed by atoms with E-state index in [0.29, 0.717) is 69.9 Å². The highest BCUT2D eigenvalue weighted by Gasteiger charge is 2.50. The van der Waals surface area contributed by atoms with Crippen molar-refractivity contribution in [2.24, 2.45) is 50.2 Å². The van der Waals surface area contributed by atoms with E-state index in [1.807, 2.05) is 0 Å². The first-order valence-electron chi connectivity index (χ1n) is 26.5. The number of imidazole rings is 3. The van der Waals surface area contributed by atoms with Crippen LogP contribution in [-0.2, 0) is 37.3 Å². The number of aryl methyl sites for hydroxylation is 2. The van der Waals surface area contributed by atoms with Gasteiger partial charge in [0.1, 0.15) is 36.9 Å². The minimum absolute atomic E-state index is 0.0291. The molecule has 12 N–H and O–H groups in total. The quantitative estimate of drug-likeness (QED) is 0.0632. The number of ether oxygens (including phenoxy) is 2. The minimum atomic E-state index is -1.19. The molecule has 11 rings (SSSR count). The Labute approximate surface area is 453 Å². The summed E-state index contributed by atoms with van der Waals surface area (Å²) in [6.45, 7) is 8.79. The standard InChI is InChI=1S/C27H40O3.C10H13N5O4.C8H11N5O3.C8H10N4O2/c1-17(6-13-25(29)20-8-9-20)23-11-12-24-19(5-4-14-27(23,24)3)7-10-21-15-22(28)16-26(30)18(21)2;11-8-5-9(13-2-12-8)15(3-14-5)10-7(18)6(17)4(1-16)19-10;9-8-11-6-5(7(15)12-8)10-3-13(6)4-16-2-1-14;1-10-4-9-6-5(10)7(13)12(3)8(14)11(6)2/h6-7,10,13,17,20,22-26,28-30H,2,4-5,8-9,11-12,14-16H2,1,3H3;2-4,6-7,10,16-18H,1H2,(H2,11,12,13);3,14H,1-2,4H2,(H3,9,11,12,15);4H,1-3H3/b13-6+,19-7+,21-10-;;;/t17-,22-,23-,24+,25-,26+,27-;4-,6-,7-,10-;;/m11../s1. The Hall–Kier alpha value is -6.75. The molecule has 11 atom stereocenters. The van der Waals surface area contributed by atoms with E-state index < -0.39 is 43.4 Å². The number of nitrogen functional groups attached to an aromatic ring is 2. The molecule has 6 aromatic heterocycles. The van der Waals surface area contributed by atoms with Crippen LogP contribution in [-0.4, -0.2) is 150 Å². The fraction of sp³-hybridized carbons (Fsp3) is 0.566. The van der Waals surface area contributed by atoms with Gasteiger partial charge in [0.2, 0.25) is 5.95 Å². The third-order valence-corrected chi connectivity index (χ3v) is 16.1. The predicted molar refractivity (Wildman–Crippen MR) is 291 cm³/mol. The lowest BCUT2D eigenvalue weighted by Crippen LogP contribution is -2.37. The molecule has 0 amide bonds. The van der Waals surface area contributed by atoms with Crippen LogP contribution in [0.2, 0.25) is 0 Å². The summed E-state index contributed by atoms with van der Waals surface area (Å²) in [7, 11) is 4.77. The number of aliphatic hydroxyl groups is 7. The highest BCUT2D eigenvalue weighted by Crippen LogP contribution is 2.59. The molecule has 4 aliphatic carbocycles. The SMILES string of the molecule is C=C1/C(=C\C=C2/CCC[C@]3(C)[C@@H]([C@H](C)/C=C/[C@@H](O)C4CC4)CC[C@@H]23)C[C@@H](O)C[C@@H]1O.Cn1c(=O)c2c(ncn2C)n(C)c1=O.Nc1nc2c(ncn2COCCO)c(=O)[nH]1.Nc1ncnc2c1ncn2[C@@H]1O[C@H](CO)[C@@H](O)[C@H]1O. The molecule has 0 radical (unpaired) electrons. The van der Waals surface area contributed by atoms with E-state index in [-0.39, 0.29) is 60.1 Å². The molecule has 0 unspecified atom stereocenters. The molecule has 26 heteroatoms. The van der Waals surface area contributed by atoms with Crippen LogP contribution in [0, 0.1) is 29.1 Å². The number of allylic oxidation sites excluding steroid dienone is 4. The van der Waals surface area contributed by atoms with Gasteiger partial charge in [0.25, 0.3) is 11.1 Å². The maximum atomic E-state index is 11.7. The number of nitrogens with zero attached hydrogens (tertiary/aromatic N) is 11. The molecule has 6 aromatic rings. The zero-order valence-electron chi connectivity index (χ0n) is 45.1. The van der Waals surface area contributed by atoms with Gasteiger partial charge >= 0.3 is 5.69 Å². The first-order chi connectivity index (χ1) is 37.7. The van der Waals surface area contributed by atoms with Gasteiger partial charge in [0, 0.05) is 27.6 Å². The Morgan fingerprint density at radius 1 is 0.911 bits per heavy atom. The number of hydrogen-bond donors (Lipinski definition) is 10. The lowest BCUT2D eigenvalue weighted by atomic mass is 9.61. The largest absolute Gasteiger partial charge is 0.394 e. The number of nitrogens with two attached hydrogens (primary N) is 2. The Morgan fingerprint density at radius 3 is 2.37 bits per heavy atom. The fourth-order valence-electron chi connectivity index (χ4n) is 11.6. The molecule has 0 aromatic carbocycles. The number of anilines is 2. The number of aromatic nitrogens is 12. The Morgan fingerprint density at radius 2 is 1.66 bits per heavy atom. The lowest BCUT2D eigenvalue weighted by Gasteiger charge is -2.44. The average Bonchev–Trinajstić information content (AvgIpc) is 3.87. The van der Waals surface area contributed by atoms with E-state index in [4.69, 9.17) is 31.2 Å². The van der Waals surface area contributed by atoms with Crippen LogP contribution < -0.4 is 28.3 Å². The van der Waals surface area contributed by atoms with Crippen molar-refractivity contribution in [2.75, 3.05) is 31.3 Å². The van der Waals surface area contributed by atoms with Crippen molar-refractivity contribution in [2.45, 2.75) is 121 Å². The first-order valence-corrected chi connectivity index (χ1v) is 26.5. The number of aliphatic hydroxyl groups excluding tert-OH is 7. The van der Waals surface area contributed by atoms with Crippen molar-refractivity contribution >= 4 is 45.3 Å². The summed E-state index contributed by atoms with van der Waals surface area (Å²) in [6, 6.07) is 0. The van der Waals surface area contributed by atoms with Crippen molar-refractivity contribution in [1.29, 1.82) is 0 Å². The minimum Gasteiger partial charge on any atom is -0.394 e. The van der Waals surface area contributed by atoms with Gasteiger partial charge in [-0.2, -0.15) is 4.98 Å². The molecule has 0 spiro atoms. The zero-order chi connectivity index (χ0) is 57.0. The summed E-state index contributed by atoms with van der Waals surface area (Å²) in [5.74, 6) is 2.52. The van der Waals surface area contributed by atoms with Gasteiger partial charge in [0.05, 0.1) is 57.1 Å². The molecular formula is C53H74N14O12. The summed E-state index contributed by atoms with van der Waals surface area (Å²) in [4.78, 5) is 60.7. The number of nitrogens with one attached hydrogen (secondary N) is 1. The smallest absolute Gasteiger partial charge is 0.332 e. The van der Waals surface area contributed by atoms with Crippen LogP contribution in [0.25, 0.3) is 33.5 Å². The normalized spacial score (nSPS) is 27.7. The van der Waals surface area contributed by atoms with Crippen molar-refractivity contribution < 1.29 is 45.2 Å². The molecule has 4 saturated carbocycles. The van der Waals surface area contributed by atoms with Crippen LogP contribution in [0.3, 0.4) is 0 Å². The molecule has 79 heavy (non-hydrogen) atoms. The predicted octanol–water partition coefficient (Wildman–Crippen LogP) is 0.750. The van der Waals surface area contributed by atoms with Crippen molar-refractivity contribution in [1.82, 2.24) is 57.7 Å². The van der Waals surface area contributed by atoms with Crippen LogP contribution in [0.5, 0.6) is 0 Å². The summed E-state index contributed by atoms with van der Waals surface area (Å²) in [6.07, 6.45) is 18.4. The summed E-state index contributed by atoms with van der Waals surface area (Å²) >= 11 is 0. The molecule has 26 nitrogen and oxygen atoms in total. The van der Waals surface area contributed by atoms with Crippen LogP contribution in [0.1, 0.15) is 77.9 Å². The second kappa shape index (κ2) is 24.7. The van der Waals surface area contributed by atoms with Crippen molar-refractivity contribution in [3.8, 4) is 0 Å². The van der Waals surface area contributed by atoms with E-state index in [2.05, 4.69) is 79.6 Å². The molecule has 5 fully saturated rings. The first kappa shape index (κ1) is 58.4. The lowest BCUT2D eigenvalue weighted by molar-refractivity contribution is -0.0511. The van der Waals surface area contributed by atoms with Gasteiger partial charge < -0.3 is 61.3 Å². The highest BCUT2D eigenvalue weighted by atomic mass is 16.6. The van der Waals surface area contributed by atoms with Crippen LogP contribution >= 0.6 is 0 Å². The van der Waals surface area contributed by atoms with Gasteiger partial charge in [-0.15, -0.1) is 0 Å². The van der Waals surface area contributed by atoms with Crippen molar-refractivity contribution in [3.05, 3.63) is 104 Å². The molecule has 1 saturated heterocycles. The summed E-state index contributed by atoms with van der Waals surface area (Å²) in [5, 5.41) is 67.7. The Balaban J connectivity index is 0.000000146. The number of hydrogen-bond acceptors (Lipinski definition) is 20. The maximum absolute atomic E-state index is 11.7. The number of fused-ring (bicyclic) bond motifs is 4. The number of rotatable bonds is 11. The van der Waals surface area contributed by atoms with Crippen LogP contribution in [0.15, 0.2) is 87.3 Å². The molecule has 7 heterocycles. The second-order valence-corrected chi connectivity index (χ2v) is 21.4. The Kier molecular flexibility index (Phi) is 18.3. The summed E-state index contributed by atoms with van der Waals surface area (Å²) < 4.78 is 17.5. The monoisotopic (exact) mass is 1100 g/mol. The van der Waals surface area contributed by atoms with E-state index in [9.17, 15) is 39.9 Å². The highest BCUT2D eigenvalue weighted by molar-refractivity contribution is 5.81. The van der Waals surface area contributed by atoms with Crippen molar-refractivity contribution in [3.63, 3.8) is 0 Å². The average molecular weight is 1100 g/mol. The molecular weight excluding hydrogens is 1020 g/mol. The second-order valence-electron chi connectivity index (χ2n) is 21.4. The third-order valence-electron chi connectivity index (χ3n) is 16.1. The third kappa shape index (κ3) is 12.4. The van der Waals surface area contributed by atoms with Gasteiger partial charge in [0.15, 0.2) is 40.0 Å². The van der Waals surface area contributed by atoms with Gasteiger partial charge in [-0.25, -0.2) is 29.7 Å². The van der Waals surface area contributed by atoms with Gasteiger partial charge in [-0.1, -0.05) is 50.3 Å². The van der Waals surface area contributed by atoms with E-state index in [1.54, 1.807) is 18.7 Å². The van der Waals surface area contributed by atoms with E-state index in [1.165, 1.54) is 90.2 Å². The zero-order valence-corrected chi connectivity index (χ0v) is 45.1. The summed E-state index contributed by atoms with van der Waals surface area (Å²) in [5.41, 5.74) is 15.9. The van der Waals surface area contributed by atoms with E-state index >= 15 is 0 Å². The topological polar surface area (TPSA) is 381 Å². The molecule has 1 aliphatic heterocycles. The molecule has 5 aliphatic rings.